The summed E-state index contributed by atoms with van der Waals surface area (Å²) in [6, 6.07) is 4.21. The number of aromatic nitrogens is 4. The number of aliphatic hydroxyl groups is 1. The van der Waals surface area contributed by atoms with Crippen LogP contribution in [0.4, 0.5) is 0 Å². The van der Waals surface area contributed by atoms with Gasteiger partial charge in [-0.25, -0.2) is 9.67 Å². The van der Waals surface area contributed by atoms with E-state index in [0.29, 0.717) is 11.5 Å². The van der Waals surface area contributed by atoms with Crippen molar-refractivity contribution in [3.63, 3.8) is 0 Å². The van der Waals surface area contributed by atoms with Crippen molar-refractivity contribution in [3.05, 3.63) is 56.3 Å². The monoisotopic (exact) mass is 423 g/mol. The summed E-state index contributed by atoms with van der Waals surface area (Å²) >= 11 is 0. The number of pyridine rings is 2. The third-order valence-corrected chi connectivity index (χ3v) is 6.07. The first kappa shape index (κ1) is 21.7. The van der Waals surface area contributed by atoms with Gasteiger partial charge in [-0.15, -0.1) is 0 Å². The Hall–Kier alpha value is -2.51. The second-order valence-corrected chi connectivity index (χ2v) is 9.39. The summed E-state index contributed by atoms with van der Waals surface area (Å²) in [7, 11) is 0. The van der Waals surface area contributed by atoms with Gasteiger partial charge in [-0.2, -0.15) is 5.10 Å². The first-order valence-electron chi connectivity index (χ1n) is 11.2. The predicted octanol–water partition coefficient (Wildman–Crippen LogP) is 4.10. The minimum atomic E-state index is -0.924. The van der Waals surface area contributed by atoms with Gasteiger partial charge in [-0.05, 0) is 64.2 Å². The number of hydrogen-bond acceptors (Lipinski definition) is 5. The van der Waals surface area contributed by atoms with Crippen LogP contribution in [0.5, 0.6) is 0 Å². The maximum atomic E-state index is 12.6. The fourth-order valence-corrected chi connectivity index (χ4v) is 4.28. The largest absolute Gasteiger partial charge is 0.374 e. The number of fused-ring (bicyclic) bond motifs is 1. The Kier molecular flexibility index (Phi) is 5.75. The molecule has 7 heteroatoms. The van der Waals surface area contributed by atoms with Gasteiger partial charge in [0.2, 0.25) is 0 Å². The zero-order chi connectivity index (χ0) is 22.4. The second kappa shape index (κ2) is 8.20. The highest BCUT2D eigenvalue weighted by Gasteiger charge is 2.29. The van der Waals surface area contributed by atoms with Gasteiger partial charge < -0.3 is 10.1 Å². The Morgan fingerprint density at radius 2 is 1.90 bits per heavy atom. The molecule has 3 heterocycles. The molecule has 4 rings (SSSR count). The molecule has 166 valence electrons. The summed E-state index contributed by atoms with van der Waals surface area (Å²) in [4.78, 5) is 20.4. The normalized spacial score (nSPS) is 15.4. The van der Waals surface area contributed by atoms with Crippen molar-refractivity contribution in [2.75, 3.05) is 0 Å². The summed E-state index contributed by atoms with van der Waals surface area (Å²) in [6.45, 7) is 12.5. The summed E-state index contributed by atoms with van der Waals surface area (Å²) in [6.07, 6.45) is 1.34. The van der Waals surface area contributed by atoms with Crippen molar-refractivity contribution in [2.45, 2.75) is 85.0 Å². The van der Waals surface area contributed by atoms with Crippen molar-refractivity contribution < 1.29 is 5.11 Å². The van der Waals surface area contributed by atoms with Gasteiger partial charge in [0, 0.05) is 46.4 Å². The van der Waals surface area contributed by atoms with Gasteiger partial charge in [0.25, 0.3) is 5.56 Å². The maximum absolute atomic E-state index is 12.6. The van der Waals surface area contributed by atoms with E-state index in [9.17, 15) is 9.90 Å². The zero-order valence-electron chi connectivity index (χ0n) is 19.3. The molecule has 1 unspecified atom stereocenters. The molecule has 31 heavy (non-hydrogen) atoms. The molecule has 0 aliphatic heterocycles. The average molecular weight is 424 g/mol. The number of aliphatic hydroxyl groups excluding tert-OH is 1. The lowest BCUT2D eigenvalue weighted by Crippen LogP contribution is -2.27. The smallest absolute Gasteiger partial charge is 0.252 e. The van der Waals surface area contributed by atoms with Crippen LogP contribution >= 0.6 is 0 Å². The summed E-state index contributed by atoms with van der Waals surface area (Å²) in [5.41, 5.74) is 5.89. The minimum Gasteiger partial charge on any atom is -0.374 e. The van der Waals surface area contributed by atoms with E-state index >= 15 is 0 Å². The topological polar surface area (TPSA) is 95.8 Å². The molecule has 1 aliphatic carbocycles. The van der Waals surface area contributed by atoms with E-state index < -0.39 is 6.23 Å². The molecule has 7 nitrogen and oxygen atoms in total. The number of aryl methyl sites for hydroxylation is 2. The fourth-order valence-electron chi connectivity index (χ4n) is 4.28. The van der Waals surface area contributed by atoms with E-state index in [-0.39, 0.29) is 24.1 Å². The molecule has 3 N–H and O–H groups in total. The first-order chi connectivity index (χ1) is 14.7. The van der Waals surface area contributed by atoms with Crippen molar-refractivity contribution in [2.24, 2.45) is 0 Å². The first-order valence-corrected chi connectivity index (χ1v) is 11.2. The van der Waals surface area contributed by atoms with Crippen molar-refractivity contribution in [1.82, 2.24) is 25.1 Å². The molecule has 1 fully saturated rings. The van der Waals surface area contributed by atoms with E-state index in [1.807, 2.05) is 30.7 Å². The Morgan fingerprint density at radius 3 is 2.52 bits per heavy atom. The van der Waals surface area contributed by atoms with Gasteiger partial charge >= 0.3 is 0 Å². The molecule has 1 aliphatic rings. The molecule has 0 spiro atoms. The third-order valence-electron chi connectivity index (χ3n) is 6.07. The maximum Gasteiger partial charge on any atom is 0.252 e. The molecule has 0 saturated heterocycles. The Balaban J connectivity index is 1.72. The van der Waals surface area contributed by atoms with Gasteiger partial charge in [0.15, 0.2) is 5.65 Å². The number of aromatic amines is 1. The van der Waals surface area contributed by atoms with Crippen LogP contribution in [0.3, 0.4) is 0 Å². The molecule has 0 bridgehead atoms. The molecule has 0 radical (unpaired) electrons. The Bertz CT molecular complexity index is 1170. The lowest BCUT2D eigenvalue weighted by molar-refractivity contribution is 0.138. The fraction of sp³-hybridized carbons (Fsp3) is 0.542. The zero-order valence-corrected chi connectivity index (χ0v) is 19.3. The van der Waals surface area contributed by atoms with Crippen LogP contribution in [-0.2, 0) is 6.54 Å². The lowest BCUT2D eigenvalue weighted by Gasteiger charge is -2.18. The van der Waals surface area contributed by atoms with E-state index in [0.717, 1.165) is 52.1 Å². The van der Waals surface area contributed by atoms with Crippen molar-refractivity contribution >= 4 is 11.0 Å². The molecular weight excluding hydrogens is 390 g/mol. The molecular formula is C24H33N5O2. The van der Waals surface area contributed by atoms with Gasteiger partial charge in [-0.3, -0.25) is 10.1 Å². The minimum absolute atomic E-state index is 0.106. The quantitative estimate of drug-likeness (QED) is 0.497. The lowest BCUT2D eigenvalue weighted by atomic mass is 9.97. The van der Waals surface area contributed by atoms with Crippen LogP contribution in [0.1, 0.15) is 98.4 Å². The molecule has 0 aromatic carbocycles. The molecule has 0 amide bonds. The van der Waals surface area contributed by atoms with Crippen molar-refractivity contribution in [1.29, 1.82) is 0 Å². The third kappa shape index (κ3) is 4.16. The highest BCUT2D eigenvalue weighted by molar-refractivity contribution is 5.83. The standard InChI is InChI=1S/C24H33N5O2/c1-12(2)17-9-14(5)26-24(31)19(17)11-25-23(30)18-10-20(16-7-8-16)27-22-21(18)15(6)28-29(22)13(3)4/h9-10,12-13,16,23,25,30H,7-8,11H2,1-6H3,(H,26,31). The molecule has 1 saturated carbocycles. The number of H-pyrrole nitrogens is 1. The highest BCUT2D eigenvalue weighted by atomic mass is 16.3. The number of nitrogens with zero attached hydrogens (tertiary/aromatic N) is 3. The summed E-state index contributed by atoms with van der Waals surface area (Å²) in [5, 5.41) is 19.9. The van der Waals surface area contributed by atoms with Gasteiger partial charge in [0.05, 0.1) is 5.69 Å². The summed E-state index contributed by atoms with van der Waals surface area (Å²) in [5.74, 6) is 0.675. The van der Waals surface area contributed by atoms with Crippen LogP contribution in [-0.4, -0.2) is 24.9 Å². The number of hydrogen-bond donors (Lipinski definition) is 3. The van der Waals surface area contributed by atoms with Crippen LogP contribution in [0, 0.1) is 13.8 Å². The molecule has 1 atom stereocenters. The van der Waals surface area contributed by atoms with Crippen LogP contribution in [0.15, 0.2) is 16.9 Å². The van der Waals surface area contributed by atoms with E-state index in [4.69, 9.17) is 10.1 Å². The van der Waals surface area contributed by atoms with Gasteiger partial charge in [0.1, 0.15) is 6.23 Å². The number of rotatable bonds is 7. The SMILES string of the molecule is Cc1cc(C(C)C)c(CNC(O)c2cc(C3CC3)nc3c2c(C)nn3C(C)C)c(=O)[nH]1. The van der Waals surface area contributed by atoms with Crippen LogP contribution < -0.4 is 10.9 Å². The van der Waals surface area contributed by atoms with Crippen LogP contribution in [0.25, 0.3) is 11.0 Å². The van der Waals surface area contributed by atoms with E-state index in [1.165, 1.54) is 0 Å². The predicted molar refractivity (Wildman–Crippen MR) is 122 cm³/mol. The average Bonchev–Trinajstić information content (AvgIpc) is 3.49. The molecule has 3 aromatic rings. The Morgan fingerprint density at radius 1 is 1.19 bits per heavy atom. The number of nitrogens with one attached hydrogen (secondary N) is 2. The van der Waals surface area contributed by atoms with Crippen LogP contribution in [0.2, 0.25) is 0 Å². The van der Waals surface area contributed by atoms with Crippen molar-refractivity contribution in [3.8, 4) is 0 Å². The Labute approximate surface area is 182 Å². The second-order valence-electron chi connectivity index (χ2n) is 9.39. The van der Waals surface area contributed by atoms with Gasteiger partial charge in [-0.1, -0.05) is 13.8 Å². The highest BCUT2D eigenvalue weighted by Crippen LogP contribution is 2.41. The van der Waals surface area contributed by atoms with E-state index in [2.05, 4.69) is 38.0 Å². The molecule has 3 aromatic heterocycles. The summed E-state index contributed by atoms with van der Waals surface area (Å²) < 4.78 is 1.94. The van der Waals surface area contributed by atoms with E-state index in [1.54, 1.807) is 0 Å².